The van der Waals surface area contributed by atoms with Crippen LogP contribution in [-0.4, -0.2) is 96.0 Å². The van der Waals surface area contributed by atoms with Crippen LogP contribution in [0.5, 0.6) is 0 Å². The Kier molecular flexibility index (Phi) is 8.85. The van der Waals surface area contributed by atoms with Gasteiger partial charge in [-0.25, -0.2) is 9.78 Å². The minimum Gasteiger partial charge on any atom is -0.452 e. The van der Waals surface area contributed by atoms with Crippen molar-refractivity contribution in [3.8, 4) is 0 Å². The van der Waals surface area contributed by atoms with E-state index in [1.807, 2.05) is 0 Å². The number of hydrogen-bond acceptors (Lipinski definition) is 8. The minimum absolute atomic E-state index is 0.0255. The fourth-order valence-electron chi connectivity index (χ4n) is 2.83. The number of pyridine rings is 1. The van der Waals surface area contributed by atoms with Gasteiger partial charge >= 0.3 is 5.97 Å². The second-order valence-corrected chi connectivity index (χ2v) is 9.37. The summed E-state index contributed by atoms with van der Waals surface area (Å²) in [6.07, 6.45) is 5.31. The molecule has 2 aliphatic carbocycles. The van der Waals surface area contributed by atoms with E-state index in [-0.39, 0.29) is 59.2 Å². The standard InChI is InChI=1S/C22H29N5O6S/c1-26(10-17(28)24-14-5-6-14)19(30)12-33-22(32)16-4-3-9-23-21(16)34-13-20(31)27(2)11-18(29)25-15-7-8-15/h3-4,9,14-15H,5-8,10-13H2,1-2H3,(H,24,28)(H,25,29). The summed E-state index contributed by atoms with van der Waals surface area (Å²) in [6.45, 7) is -0.681. The Morgan fingerprint density at radius 3 is 2.09 bits per heavy atom. The molecular weight excluding hydrogens is 462 g/mol. The molecule has 1 aromatic heterocycles. The van der Waals surface area contributed by atoms with E-state index >= 15 is 0 Å². The Balaban J connectivity index is 1.44. The Hall–Kier alpha value is -3.15. The van der Waals surface area contributed by atoms with Crippen LogP contribution in [0.4, 0.5) is 0 Å². The first-order chi connectivity index (χ1) is 16.2. The molecule has 0 aromatic carbocycles. The largest absolute Gasteiger partial charge is 0.452 e. The molecule has 1 heterocycles. The molecule has 2 fully saturated rings. The zero-order valence-electron chi connectivity index (χ0n) is 19.2. The fraction of sp³-hybridized carbons (Fsp3) is 0.545. The lowest BCUT2D eigenvalue weighted by Gasteiger charge is -2.17. The lowest BCUT2D eigenvalue weighted by atomic mass is 10.3. The molecule has 1 aromatic rings. The number of carbonyl (C=O) groups excluding carboxylic acids is 5. The molecule has 2 saturated carbocycles. The Morgan fingerprint density at radius 1 is 0.971 bits per heavy atom. The molecule has 2 N–H and O–H groups in total. The van der Waals surface area contributed by atoms with Gasteiger partial charge in [-0.2, -0.15) is 0 Å². The molecule has 0 bridgehead atoms. The van der Waals surface area contributed by atoms with Gasteiger partial charge in [0.15, 0.2) is 6.61 Å². The molecule has 0 atom stereocenters. The van der Waals surface area contributed by atoms with E-state index in [1.165, 1.54) is 36.2 Å². The number of amides is 4. The van der Waals surface area contributed by atoms with Crippen LogP contribution in [-0.2, 0) is 23.9 Å². The first kappa shape index (κ1) is 25.5. The van der Waals surface area contributed by atoms with Gasteiger partial charge in [-0.1, -0.05) is 11.8 Å². The van der Waals surface area contributed by atoms with E-state index in [0.29, 0.717) is 0 Å². The highest BCUT2D eigenvalue weighted by Crippen LogP contribution is 2.22. The first-order valence-corrected chi connectivity index (χ1v) is 12.0. The molecule has 12 heteroatoms. The van der Waals surface area contributed by atoms with Crippen LogP contribution in [0.3, 0.4) is 0 Å². The molecule has 2 aliphatic rings. The van der Waals surface area contributed by atoms with Gasteiger partial charge < -0.3 is 25.2 Å². The molecule has 184 valence electrons. The van der Waals surface area contributed by atoms with Crippen LogP contribution < -0.4 is 10.6 Å². The van der Waals surface area contributed by atoms with E-state index < -0.39 is 18.5 Å². The molecule has 4 amide bonds. The van der Waals surface area contributed by atoms with Crippen molar-refractivity contribution in [2.75, 3.05) is 39.5 Å². The summed E-state index contributed by atoms with van der Waals surface area (Å²) in [5.74, 6) is -2.05. The van der Waals surface area contributed by atoms with Crippen molar-refractivity contribution in [2.45, 2.75) is 42.8 Å². The maximum atomic E-state index is 12.5. The van der Waals surface area contributed by atoms with Gasteiger partial charge in [0.1, 0.15) is 5.03 Å². The van der Waals surface area contributed by atoms with Crippen LogP contribution in [0.1, 0.15) is 36.0 Å². The first-order valence-electron chi connectivity index (χ1n) is 11.0. The Morgan fingerprint density at radius 2 is 1.53 bits per heavy atom. The van der Waals surface area contributed by atoms with Gasteiger partial charge in [-0.3, -0.25) is 19.2 Å². The van der Waals surface area contributed by atoms with Crippen molar-refractivity contribution in [3.05, 3.63) is 23.9 Å². The lowest BCUT2D eigenvalue weighted by Crippen LogP contribution is -2.40. The van der Waals surface area contributed by atoms with E-state index in [2.05, 4.69) is 15.6 Å². The van der Waals surface area contributed by atoms with Crippen LogP contribution >= 0.6 is 11.8 Å². The number of esters is 1. The zero-order chi connectivity index (χ0) is 24.7. The van der Waals surface area contributed by atoms with Crippen molar-refractivity contribution in [1.82, 2.24) is 25.4 Å². The molecule has 0 aliphatic heterocycles. The van der Waals surface area contributed by atoms with E-state index in [1.54, 1.807) is 6.07 Å². The van der Waals surface area contributed by atoms with Crippen molar-refractivity contribution in [3.63, 3.8) is 0 Å². The summed E-state index contributed by atoms with van der Waals surface area (Å²) in [6, 6.07) is 3.46. The van der Waals surface area contributed by atoms with Crippen LogP contribution in [0.25, 0.3) is 0 Å². The van der Waals surface area contributed by atoms with Crippen molar-refractivity contribution in [2.24, 2.45) is 0 Å². The number of likely N-dealkylation sites (N-methyl/N-ethyl adjacent to an activating group) is 2. The number of carbonyl (C=O) groups is 5. The predicted molar refractivity (Wildman–Crippen MR) is 123 cm³/mol. The van der Waals surface area contributed by atoms with Gasteiger partial charge in [-0.05, 0) is 37.8 Å². The fourth-order valence-corrected chi connectivity index (χ4v) is 3.75. The van der Waals surface area contributed by atoms with Gasteiger partial charge in [0, 0.05) is 32.4 Å². The quantitative estimate of drug-likeness (QED) is 0.303. The Bertz CT molecular complexity index is 949. The maximum Gasteiger partial charge on any atom is 0.341 e. The Labute approximate surface area is 202 Å². The number of thioether (sulfide) groups is 1. The third kappa shape index (κ3) is 8.32. The summed E-state index contributed by atoms with van der Waals surface area (Å²) >= 11 is 1.04. The average molecular weight is 492 g/mol. The summed E-state index contributed by atoms with van der Waals surface area (Å²) in [5.41, 5.74) is 0.122. The summed E-state index contributed by atoms with van der Waals surface area (Å²) < 4.78 is 5.11. The second-order valence-electron chi connectivity index (χ2n) is 8.40. The smallest absolute Gasteiger partial charge is 0.341 e. The summed E-state index contributed by atoms with van der Waals surface area (Å²) in [4.78, 5) is 67.5. The zero-order valence-corrected chi connectivity index (χ0v) is 20.1. The summed E-state index contributed by atoms with van der Waals surface area (Å²) in [7, 11) is 3.00. The highest BCUT2D eigenvalue weighted by atomic mass is 32.2. The lowest BCUT2D eigenvalue weighted by molar-refractivity contribution is -0.137. The van der Waals surface area contributed by atoms with Crippen LogP contribution in [0.2, 0.25) is 0 Å². The van der Waals surface area contributed by atoms with Gasteiger partial charge in [0.05, 0.1) is 24.4 Å². The SMILES string of the molecule is CN(CC(=O)NC1CC1)C(=O)COC(=O)c1cccnc1SCC(=O)N(C)CC(=O)NC1CC1. The number of nitrogens with one attached hydrogen (secondary N) is 2. The van der Waals surface area contributed by atoms with Crippen molar-refractivity contribution >= 4 is 41.4 Å². The molecule has 0 saturated heterocycles. The summed E-state index contributed by atoms with van der Waals surface area (Å²) in [5, 5.41) is 5.89. The van der Waals surface area contributed by atoms with Gasteiger partial charge in [0.25, 0.3) is 5.91 Å². The monoisotopic (exact) mass is 491 g/mol. The molecule has 0 radical (unpaired) electrons. The minimum atomic E-state index is -0.760. The number of nitrogens with zero attached hydrogens (tertiary/aromatic N) is 3. The normalized spacial score (nSPS) is 14.6. The van der Waals surface area contributed by atoms with Crippen molar-refractivity contribution in [1.29, 1.82) is 0 Å². The highest BCUT2D eigenvalue weighted by Gasteiger charge is 2.26. The molecule has 34 heavy (non-hydrogen) atoms. The van der Waals surface area contributed by atoms with E-state index in [0.717, 1.165) is 37.4 Å². The number of ether oxygens (including phenoxy) is 1. The van der Waals surface area contributed by atoms with Gasteiger partial charge in [0.2, 0.25) is 17.7 Å². The number of hydrogen-bond donors (Lipinski definition) is 2. The molecule has 3 rings (SSSR count). The second kappa shape index (κ2) is 11.8. The van der Waals surface area contributed by atoms with Gasteiger partial charge in [-0.15, -0.1) is 0 Å². The average Bonchev–Trinajstić information content (AvgIpc) is 3.73. The molecule has 0 unspecified atom stereocenters. The molecular formula is C22H29N5O6S. The molecule has 11 nitrogen and oxygen atoms in total. The maximum absolute atomic E-state index is 12.5. The third-order valence-electron chi connectivity index (χ3n) is 5.15. The van der Waals surface area contributed by atoms with E-state index in [4.69, 9.17) is 4.74 Å². The van der Waals surface area contributed by atoms with Crippen molar-refractivity contribution < 1.29 is 28.7 Å². The number of rotatable bonds is 12. The topological polar surface area (TPSA) is 138 Å². The number of aromatic nitrogens is 1. The third-order valence-corrected chi connectivity index (χ3v) is 6.14. The molecule has 0 spiro atoms. The van der Waals surface area contributed by atoms with E-state index in [9.17, 15) is 24.0 Å². The predicted octanol–water partition coefficient (Wildman–Crippen LogP) is -0.195. The van der Waals surface area contributed by atoms with Crippen LogP contribution in [0.15, 0.2) is 23.4 Å². The van der Waals surface area contributed by atoms with Crippen LogP contribution in [0, 0.1) is 0 Å². The highest BCUT2D eigenvalue weighted by molar-refractivity contribution is 8.00.